The van der Waals surface area contributed by atoms with Gasteiger partial charge in [0, 0.05) is 5.56 Å². The SMILES string of the molecule is Cc1ccc2nc(-c3ccc(N4C(=O)CC(N(C(=O)c5ccccc5F)C(C)c5ccccc5)C4=O)cc3)sc2c1. The Morgan fingerprint density at radius 2 is 1.68 bits per heavy atom. The molecular weight excluding hydrogens is 537 g/mol. The van der Waals surface area contributed by atoms with Crippen molar-refractivity contribution in [1.29, 1.82) is 0 Å². The summed E-state index contributed by atoms with van der Waals surface area (Å²) in [6.45, 7) is 3.82. The molecule has 3 amide bonds. The van der Waals surface area contributed by atoms with Gasteiger partial charge in [0.05, 0.1) is 33.9 Å². The summed E-state index contributed by atoms with van der Waals surface area (Å²) in [4.78, 5) is 48.0. The van der Waals surface area contributed by atoms with Crippen molar-refractivity contribution in [2.75, 3.05) is 4.90 Å². The van der Waals surface area contributed by atoms with Crippen LogP contribution < -0.4 is 4.90 Å². The summed E-state index contributed by atoms with van der Waals surface area (Å²) in [5, 5.41) is 0.840. The van der Waals surface area contributed by atoms with Crippen molar-refractivity contribution in [2.24, 2.45) is 0 Å². The normalized spacial score (nSPS) is 15.9. The summed E-state index contributed by atoms with van der Waals surface area (Å²) in [5.41, 5.74) is 3.98. The Morgan fingerprint density at radius 1 is 0.976 bits per heavy atom. The Labute approximate surface area is 240 Å². The van der Waals surface area contributed by atoms with Crippen LogP contribution in [0, 0.1) is 12.7 Å². The molecule has 0 spiro atoms. The molecule has 204 valence electrons. The summed E-state index contributed by atoms with van der Waals surface area (Å²) in [5.74, 6) is -2.27. The molecule has 4 aromatic carbocycles. The zero-order chi connectivity index (χ0) is 28.7. The van der Waals surface area contributed by atoms with E-state index < -0.39 is 35.6 Å². The maximum atomic E-state index is 14.7. The topological polar surface area (TPSA) is 70.6 Å². The van der Waals surface area contributed by atoms with Crippen LogP contribution in [0.3, 0.4) is 0 Å². The van der Waals surface area contributed by atoms with Crippen molar-refractivity contribution in [1.82, 2.24) is 9.88 Å². The van der Waals surface area contributed by atoms with E-state index in [0.29, 0.717) is 5.69 Å². The number of rotatable bonds is 6. The Morgan fingerprint density at radius 3 is 2.41 bits per heavy atom. The zero-order valence-electron chi connectivity index (χ0n) is 22.5. The molecule has 0 N–H and O–H groups in total. The molecule has 6 rings (SSSR count). The molecule has 0 aliphatic carbocycles. The number of thiazole rings is 1. The maximum Gasteiger partial charge on any atom is 0.258 e. The number of carbonyl (C=O) groups excluding carboxylic acids is 3. The standard InChI is InChI=1S/C33H26FN3O3S/c1-20-12-17-27-29(18-20)41-31(35-27)23-13-15-24(16-14-23)37-30(38)19-28(33(37)40)36(21(2)22-8-4-3-5-9-22)32(39)25-10-6-7-11-26(25)34/h3-18,21,28H,19H2,1-2H3. The Bertz CT molecular complexity index is 1790. The molecule has 6 nitrogen and oxygen atoms in total. The molecule has 0 saturated carbocycles. The molecule has 0 bridgehead atoms. The average Bonchev–Trinajstić information content (AvgIpc) is 3.53. The van der Waals surface area contributed by atoms with Crippen LogP contribution in [-0.4, -0.2) is 33.6 Å². The number of fused-ring (bicyclic) bond motifs is 1. The first-order valence-corrected chi connectivity index (χ1v) is 14.1. The van der Waals surface area contributed by atoms with E-state index in [4.69, 9.17) is 4.98 Å². The van der Waals surface area contributed by atoms with E-state index in [0.717, 1.165) is 36.8 Å². The quantitative estimate of drug-likeness (QED) is 0.210. The van der Waals surface area contributed by atoms with Gasteiger partial charge in [-0.2, -0.15) is 0 Å². The zero-order valence-corrected chi connectivity index (χ0v) is 23.3. The predicted molar refractivity (Wildman–Crippen MR) is 158 cm³/mol. The lowest BCUT2D eigenvalue weighted by molar-refractivity contribution is -0.123. The van der Waals surface area contributed by atoms with Gasteiger partial charge in [0.2, 0.25) is 5.91 Å². The first kappa shape index (κ1) is 26.5. The maximum absolute atomic E-state index is 14.7. The number of aryl methyl sites for hydroxylation is 1. The molecule has 1 aliphatic rings. The van der Waals surface area contributed by atoms with E-state index in [1.807, 2.05) is 61.5 Å². The fourth-order valence-corrected chi connectivity index (χ4v) is 6.34. The van der Waals surface area contributed by atoms with Crippen molar-refractivity contribution in [3.63, 3.8) is 0 Å². The Balaban J connectivity index is 1.32. The highest BCUT2D eigenvalue weighted by Crippen LogP contribution is 2.35. The number of hydrogen-bond acceptors (Lipinski definition) is 5. The first-order valence-electron chi connectivity index (χ1n) is 13.3. The Hall–Kier alpha value is -4.69. The van der Waals surface area contributed by atoms with Crippen molar-refractivity contribution in [3.05, 3.63) is 120 Å². The molecular formula is C33H26FN3O3S. The van der Waals surface area contributed by atoms with Gasteiger partial charge < -0.3 is 4.90 Å². The number of anilines is 1. The van der Waals surface area contributed by atoms with Crippen molar-refractivity contribution in [3.8, 4) is 10.6 Å². The van der Waals surface area contributed by atoms with E-state index >= 15 is 0 Å². The number of hydrogen-bond donors (Lipinski definition) is 0. The molecule has 8 heteroatoms. The van der Waals surface area contributed by atoms with Gasteiger partial charge in [-0.1, -0.05) is 48.5 Å². The average molecular weight is 564 g/mol. The second-order valence-corrected chi connectivity index (χ2v) is 11.1. The highest BCUT2D eigenvalue weighted by atomic mass is 32.1. The van der Waals surface area contributed by atoms with Crippen molar-refractivity contribution in [2.45, 2.75) is 32.4 Å². The summed E-state index contributed by atoms with van der Waals surface area (Å²) in [6, 6.07) is 26.4. The third-order valence-electron chi connectivity index (χ3n) is 7.41. The minimum Gasteiger partial charge on any atom is -0.319 e. The van der Waals surface area contributed by atoms with Crippen LogP contribution in [0.2, 0.25) is 0 Å². The number of amides is 3. The van der Waals surface area contributed by atoms with Crippen molar-refractivity contribution < 1.29 is 18.8 Å². The largest absolute Gasteiger partial charge is 0.319 e. The fourth-order valence-electron chi connectivity index (χ4n) is 5.27. The summed E-state index contributed by atoms with van der Waals surface area (Å²) >= 11 is 1.58. The number of carbonyl (C=O) groups is 3. The molecule has 2 heterocycles. The second-order valence-electron chi connectivity index (χ2n) is 10.1. The van der Waals surface area contributed by atoms with E-state index in [-0.39, 0.29) is 12.0 Å². The van der Waals surface area contributed by atoms with Gasteiger partial charge in [-0.05, 0) is 73.5 Å². The highest BCUT2D eigenvalue weighted by molar-refractivity contribution is 7.21. The number of nitrogens with zero attached hydrogens (tertiary/aromatic N) is 3. The number of imide groups is 1. The molecule has 1 fully saturated rings. The molecule has 1 aliphatic heterocycles. The van der Waals surface area contributed by atoms with Gasteiger partial charge in [-0.15, -0.1) is 11.3 Å². The van der Waals surface area contributed by atoms with E-state index in [9.17, 15) is 18.8 Å². The van der Waals surface area contributed by atoms with Crippen LogP contribution in [0.1, 0.15) is 40.9 Å². The van der Waals surface area contributed by atoms with Gasteiger partial charge in [-0.25, -0.2) is 14.3 Å². The third kappa shape index (κ3) is 4.91. The number of halogens is 1. The summed E-state index contributed by atoms with van der Waals surface area (Å²) in [6.07, 6.45) is -0.199. The van der Waals surface area contributed by atoms with Gasteiger partial charge in [0.25, 0.3) is 11.8 Å². The Kier molecular flexibility index (Phi) is 6.93. The minimum absolute atomic E-state index is 0.149. The van der Waals surface area contributed by atoms with Gasteiger partial charge in [0.1, 0.15) is 16.9 Å². The lowest BCUT2D eigenvalue weighted by atomic mass is 10.0. The third-order valence-corrected chi connectivity index (χ3v) is 8.48. The summed E-state index contributed by atoms with van der Waals surface area (Å²) in [7, 11) is 0. The number of benzene rings is 4. The molecule has 0 radical (unpaired) electrons. The van der Waals surface area contributed by atoms with Gasteiger partial charge in [-0.3, -0.25) is 14.4 Å². The molecule has 1 saturated heterocycles. The van der Waals surface area contributed by atoms with E-state index in [2.05, 4.69) is 6.07 Å². The highest BCUT2D eigenvalue weighted by Gasteiger charge is 2.46. The van der Waals surface area contributed by atoms with Crippen molar-refractivity contribution >= 4 is 45.0 Å². The minimum atomic E-state index is -1.09. The lowest BCUT2D eigenvalue weighted by Gasteiger charge is -2.33. The van der Waals surface area contributed by atoms with Crippen LogP contribution in [0.4, 0.5) is 10.1 Å². The summed E-state index contributed by atoms with van der Waals surface area (Å²) < 4.78 is 15.8. The first-order chi connectivity index (χ1) is 19.8. The smallest absolute Gasteiger partial charge is 0.258 e. The fraction of sp³-hybridized carbons (Fsp3) is 0.152. The van der Waals surface area contributed by atoms with Gasteiger partial charge in [0.15, 0.2) is 0 Å². The van der Waals surface area contributed by atoms with E-state index in [1.165, 1.54) is 23.1 Å². The van der Waals surface area contributed by atoms with Crippen LogP contribution in [-0.2, 0) is 9.59 Å². The second kappa shape index (κ2) is 10.7. The van der Waals surface area contributed by atoms with Crippen LogP contribution in [0.15, 0.2) is 97.1 Å². The monoisotopic (exact) mass is 563 g/mol. The number of aromatic nitrogens is 1. The van der Waals surface area contributed by atoms with Gasteiger partial charge >= 0.3 is 0 Å². The molecule has 41 heavy (non-hydrogen) atoms. The van der Waals surface area contributed by atoms with Crippen LogP contribution in [0.25, 0.3) is 20.8 Å². The molecule has 1 aromatic heterocycles. The van der Waals surface area contributed by atoms with Crippen LogP contribution >= 0.6 is 11.3 Å². The lowest BCUT2D eigenvalue weighted by Crippen LogP contribution is -2.47. The van der Waals surface area contributed by atoms with Crippen LogP contribution in [0.5, 0.6) is 0 Å². The molecule has 2 atom stereocenters. The predicted octanol–water partition coefficient (Wildman–Crippen LogP) is 6.95. The molecule has 5 aromatic rings. The van der Waals surface area contributed by atoms with E-state index in [1.54, 1.807) is 36.5 Å². The molecule has 2 unspecified atom stereocenters.